The zero-order valence-corrected chi connectivity index (χ0v) is 15.3. The van der Waals surface area contributed by atoms with Crippen molar-refractivity contribution in [2.45, 2.75) is 38.6 Å². The molecule has 6 heteroatoms. The molecule has 1 aromatic heterocycles. The quantitative estimate of drug-likeness (QED) is 0.711. The molecule has 124 valence electrons. The Hall–Kier alpha value is -0.880. The number of fused-ring (bicyclic) bond motifs is 1. The largest absolute Gasteiger partial charge is 0.490 e. The molecule has 0 bridgehead atoms. The maximum Gasteiger partial charge on any atom is 0.158 e. The van der Waals surface area contributed by atoms with Crippen LogP contribution in [0.25, 0.3) is 10.9 Å². The summed E-state index contributed by atoms with van der Waals surface area (Å²) >= 11 is 9.71. The third kappa shape index (κ3) is 4.35. The van der Waals surface area contributed by atoms with Gasteiger partial charge >= 0.3 is 0 Å². The van der Waals surface area contributed by atoms with Gasteiger partial charge in [0, 0.05) is 24.3 Å². The third-order valence-electron chi connectivity index (χ3n) is 3.74. The Kier molecular flexibility index (Phi) is 5.75. The van der Waals surface area contributed by atoms with E-state index in [2.05, 4.69) is 20.9 Å². The molecule has 0 spiro atoms. The Bertz CT molecular complexity index is 676. The molecule has 1 unspecified atom stereocenters. The van der Waals surface area contributed by atoms with Crippen molar-refractivity contribution in [2.75, 3.05) is 13.2 Å². The van der Waals surface area contributed by atoms with E-state index in [0.717, 1.165) is 47.0 Å². The molecule has 2 atom stereocenters. The lowest BCUT2D eigenvalue weighted by Gasteiger charge is -2.26. The second-order valence-corrected chi connectivity index (χ2v) is 6.91. The van der Waals surface area contributed by atoms with Gasteiger partial charge in [0.1, 0.15) is 12.4 Å². The first kappa shape index (κ1) is 17.0. The lowest BCUT2D eigenvalue weighted by atomic mass is 10.2. The van der Waals surface area contributed by atoms with Crippen LogP contribution in [-0.2, 0) is 9.47 Å². The van der Waals surface area contributed by atoms with Gasteiger partial charge in [-0.05, 0) is 54.2 Å². The van der Waals surface area contributed by atoms with Crippen molar-refractivity contribution in [3.63, 3.8) is 0 Å². The van der Waals surface area contributed by atoms with Crippen LogP contribution in [0.2, 0.25) is 5.02 Å². The van der Waals surface area contributed by atoms with Crippen LogP contribution in [0.15, 0.2) is 28.9 Å². The number of nitrogens with zero attached hydrogens (tertiary/aromatic N) is 1. The topological polar surface area (TPSA) is 40.6 Å². The zero-order valence-electron chi connectivity index (χ0n) is 12.9. The Morgan fingerprint density at radius 3 is 3.09 bits per heavy atom. The lowest BCUT2D eigenvalue weighted by Crippen LogP contribution is -2.29. The van der Waals surface area contributed by atoms with Crippen molar-refractivity contribution in [1.82, 2.24) is 4.98 Å². The number of aromatic nitrogens is 1. The summed E-state index contributed by atoms with van der Waals surface area (Å²) in [6.07, 6.45) is 4.75. The molecule has 1 aliphatic rings. The Morgan fingerprint density at radius 2 is 2.30 bits per heavy atom. The Labute approximate surface area is 149 Å². The minimum absolute atomic E-state index is 0.0481. The van der Waals surface area contributed by atoms with E-state index in [1.165, 1.54) is 0 Å². The van der Waals surface area contributed by atoms with Crippen LogP contribution in [0.3, 0.4) is 0 Å². The SMILES string of the molecule is C[C@H](COc1cc2nccc(Cl)c2cc1Br)OC1CCCCO1. The molecule has 0 radical (unpaired) electrons. The highest BCUT2D eigenvalue weighted by molar-refractivity contribution is 9.10. The van der Waals surface area contributed by atoms with Gasteiger partial charge in [0.15, 0.2) is 6.29 Å². The molecule has 1 aromatic carbocycles. The van der Waals surface area contributed by atoms with E-state index in [4.69, 9.17) is 25.8 Å². The van der Waals surface area contributed by atoms with E-state index in [9.17, 15) is 0 Å². The molecule has 2 heterocycles. The second-order valence-electron chi connectivity index (χ2n) is 5.65. The van der Waals surface area contributed by atoms with Crippen LogP contribution in [0.1, 0.15) is 26.2 Å². The van der Waals surface area contributed by atoms with Gasteiger partial charge < -0.3 is 14.2 Å². The molecule has 4 nitrogen and oxygen atoms in total. The minimum Gasteiger partial charge on any atom is -0.490 e. The molecule has 0 aliphatic carbocycles. The van der Waals surface area contributed by atoms with Gasteiger partial charge in [-0.2, -0.15) is 0 Å². The number of hydrogen-bond donors (Lipinski definition) is 0. The summed E-state index contributed by atoms with van der Waals surface area (Å²) in [7, 11) is 0. The molecular weight excluding hydrogens is 382 g/mol. The number of hydrogen-bond acceptors (Lipinski definition) is 4. The number of halogens is 2. The van der Waals surface area contributed by atoms with Crippen molar-refractivity contribution >= 4 is 38.4 Å². The summed E-state index contributed by atoms with van der Waals surface area (Å²) in [4.78, 5) is 4.33. The maximum absolute atomic E-state index is 6.18. The van der Waals surface area contributed by atoms with Gasteiger partial charge in [-0.25, -0.2) is 0 Å². The van der Waals surface area contributed by atoms with Gasteiger partial charge in [0.2, 0.25) is 0 Å². The Morgan fingerprint density at radius 1 is 1.43 bits per heavy atom. The first-order chi connectivity index (χ1) is 11.1. The molecule has 3 rings (SSSR count). The molecule has 23 heavy (non-hydrogen) atoms. The van der Waals surface area contributed by atoms with Crippen molar-refractivity contribution in [2.24, 2.45) is 0 Å². The fraction of sp³-hybridized carbons (Fsp3) is 0.471. The van der Waals surface area contributed by atoms with Gasteiger partial charge in [0.25, 0.3) is 0 Å². The van der Waals surface area contributed by atoms with Crippen molar-refractivity contribution in [3.05, 3.63) is 33.9 Å². The highest BCUT2D eigenvalue weighted by Gasteiger charge is 2.18. The fourth-order valence-electron chi connectivity index (χ4n) is 2.55. The van der Waals surface area contributed by atoms with Crippen molar-refractivity contribution < 1.29 is 14.2 Å². The predicted octanol–water partition coefficient (Wildman–Crippen LogP) is 4.96. The van der Waals surface area contributed by atoms with E-state index < -0.39 is 0 Å². The highest BCUT2D eigenvalue weighted by Crippen LogP contribution is 2.32. The first-order valence-corrected chi connectivity index (χ1v) is 8.94. The monoisotopic (exact) mass is 399 g/mol. The normalized spacial score (nSPS) is 19.7. The number of rotatable bonds is 5. The summed E-state index contributed by atoms with van der Waals surface area (Å²) in [6.45, 7) is 3.22. The molecule has 1 aliphatic heterocycles. The van der Waals surface area contributed by atoms with Crippen LogP contribution in [0.5, 0.6) is 5.75 Å². The Balaban J connectivity index is 1.63. The van der Waals surface area contributed by atoms with Gasteiger partial charge in [-0.1, -0.05) is 11.6 Å². The lowest BCUT2D eigenvalue weighted by molar-refractivity contribution is -0.189. The third-order valence-corrected chi connectivity index (χ3v) is 4.69. The van der Waals surface area contributed by atoms with E-state index >= 15 is 0 Å². The van der Waals surface area contributed by atoms with E-state index in [1.54, 1.807) is 12.3 Å². The standard InChI is InChI=1S/C17H19BrClNO3/c1-11(23-17-4-2-3-7-21-17)10-22-16-9-15-12(8-13(16)18)14(19)5-6-20-15/h5-6,8-9,11,17H,2-4,7,10H2,1H3/t11-,17?/m1/s1. The summed E-state index contributed by atoms with van der Waals surface area (Å²) < 4.78 is 18.2. The van der Waals surface area contributed by atoms with E-state index in [0.29, 0.717) is 11.6 Å². The van der Waals surface area contributed by atoms with Crippen LogP contribution >= 0.6 is 27.5 Å². The molecule has 1 fully saturated rings. The van der Waals surface area contributed by atoms with Crippen LogP contribution in [0.4, 0.5) is 0 Å². The smallest absolute Gasteiger partial charge is 0.158 e. The van der Waals surface area contributed by atoms with Crippen molar-refractivity contribution in [3.8, 4) is 5.75 Å². The van der Waals surface area contributed by atoms with Crippen LogP contribution < -0.4 is 4.74 Å². The second kappa shape index (κ2) is 7.79. The molecule has 0 amide bonds. The van der Waals surface area contributed by atoms with E-state index in [-0.39, 0.29) is 12.4 Å². The highest BCUT2D eigenvalue weighted by atomic mass is 79.9. The minimum atomic E-state index is -0.108. The fourth-order valence-corrected chi connectivity index (χ4v) is 3.21. The molecule has 2 aromatic rings. The molecule has 1 saturated heterocycles. The first-order valence-electron chi connectivity index (χ1n) is 7.77. The van der Waals surface area contributed by atoms with Crippen LogP contribution in [0, 0.1) is 0 Å². The van der Waals surface area contributed by atoms with Crippen molar-refractivity contribution in [1.29, 1.82) is 0 Å². The summed E-state index contributed by atoms with van der Waals surface area (Å²) in [5.74, 6) is 0.729. The number of pyridine rings is 1. The van der Waals surface area contributed by atoms with Crippen LogP contribution in [-0.4, -0.2) is 30.6 Å². The average Bonchev–Trinajstić information content (AvgIpc) is 2.55. The van der Waals surface area contributed by atoms with Gasteiger partial charge in [-0.3, -0.25) is 4.98 Å². The molecule has 0 saturated carbocycles. The molecule has 0 N–H and O–H groups in total. The predicted molar refractivity (Wildman–Crippen MR) is 94.1 cm³/mol. The van der Waals surface area contributed by atoms with E-state index in [1.807, 2.05) is 19.1 Å². The summed E-state index contributed by atoms with van der Waals surface area (Å²) in [5.41, 5.74) is 0.805. The number of benzene rings is 1. The zero-order chi connectivity index (χ0) is 16.2. The van der Waals surface area contributed by atoms with Gasteiger partial charge in [0.05, 0.1) is 21.1 Å². The average molecular weight is 401 g/mol. The van der Waals surface area contributed by atoms with Gasteiger partial charge in [-0.15, -0.1) is 0 Å². The number of ether oxygens (including phenoxy) is 3. The molecular formula is C17H19BrClNO3. The summed E-state index contributed by atoms with van der Waals surface area (Å²) in [6, 6.07) is 5.59. The maximum atomic E-state index is 6.18. The summed E-state index contributed by atoms with van der Waals surface area (Å²) in [5, 5.41) is 1.57.